The third kappa shape index (κ3) is 4.64. The average Bonchev–Trinajstić information content (AvgIpc) is 2.62. The summed E-state index contributed by atoms with van der Waals surface area (Å²) < 4.78 is 60.3. The number of ether oxygens (including phenoxy) is 1. The molecule has 1 saturated heterocycles. The maximum atomic E-state index is 14.0. The standard InChI is InChI=1S/C18H20F2N2O3S/c19-15-6-7-18(16(20)12-15)26(23,24)21-17(14-4-2-1-3-5-14)13-22-8-10-25-11-9-22/h1-7,12,17,21H,8-11,13H2. The molecule has 0 saturated carbocycles. The summed E-state index contributed by atoms with van der Waals surface area (Å²) in [5, 5.41) is 0. The van der Waals surface area contributed by atoms with Gasteiger partial charge >= 0.3 is 0 Å². The Balaban J connectivity index is 1.86. The van der Waals surface area contributed by atoms with Gasteiger partial charge in [0.2, 0.25) is 10.0 Å². The lowest BCUT2D eigenvalue weighted by Crippen LogP contribution is -2.43. The molecule has 2 aromatic carbocycles. The van der Waals surface area contributed by atoms with E-state index in [0.29, 0.717) is 38.9 Å². The lowest BCUT2D eigenvalue weighted by Gasteiger charge is -2.31. The molecule has 0 spiro atoms. The topological polar surface area (TPSA) is 58.6 Å². The molecule has 1 atom stereocenters. The normalized spacial score (nSPS) is 17.2. The molecule has 1 unspecified atom stereocenters. The van der Waals surface area contributed by atoms with Gasteiger partial charge in [-0.2, -0.15) is 0 Å². The van der Waals surface area contributed by atoms with Crippen LogP contribution in [-0.2, 0) is 14.8 Å². The van der Waals surface area contributed by atoms with Gasteiger partial charge in [0.05, 0.1) is 19.3 Å². The zero-order valence-electron chi connectivity index (χ0n) is 14.1. The Kier molecular flexibility index (Phi) is 5.98. The minimum Gasteiger partial charge on any atom is -0.379 e. The summed E-state index contributed by atoms with van der Waals surface area (Å²) in [4.78, 5) is 1.52. The minimum atomic E-state index is -4.16. The summed E-state index contributed by atoms with van der Waals surface area (Å²) in [6.07, 6.45) is 0. The van der Waals surface area contributed by atoms with Crippen LogP contribution in [0.3, 0.4) is 0 Å². The number of sulfonamides is 1. The van der Waals surface area contributed by atoms with E-state index in [0.717, 1.165) is 17.7 Å². The molecule has 1 N–H and O–H groups in total. The molecule has 0 aliphatic carbocycles. The van der Waals surface area contributed by atoms with Crippen molar-refractivity contribution in [2.75, 3.05) is 32.8 Å². The second-order valence-electron chi connectivity index (χ2n) is 6.07. The smallest absolute Gasteiger partial charge is 0.244 e. The van der Waals surface area contributed by atoms with E-state index in [1.165, 1.54) is 0 Å². The fourth-order valence-corrected chi connectivity index (χ4v) is 4.16. The lowest BCUT2D eigenvalue weighted by atomic mass is 10.1. The van der Waals surface area contributed by atoms with Gasteiger partial charge in [0.15, 0.2) is 0 Å². The van der Waals surface area contributed by atoms with Gasteiger partial charge in [-0.3, -0.25) is 4.90 Å². The average molecular weight is 382 g/mol. The monoisotopic (exact) mass is 382 g/mol. The maximum absolute atomic E-state index is 14.0. The van der Waals surface area contributed by atoms with E-state index >= 15 is 0 Å². The summed E-state index contributed by atoms with van der Waals surface area (Å²) in [6.45, 7) is 2.98. The number of hydrogen-bond acceptors (Lipinski definition) is 4. The van der Waals surface area contributed by atoms with Crippen molar-refractivity contribution in [2.24, 2.45) is 0 Å². The molecule has 3 rings (SSSR count). The van der Waals surface area contributed by atoms with Crippen LogP contribution < -0.4 is 4.72 Å². The number of halogens is 2. The summed E-state index contributed by atoms with van der Waals surface area (Å²) in [6, 6.07) is 11.0. The molecular formula is C18H20F2N2O3S. The highest BCUT2D eigenvalue weighted by molar-refractivity contribution is 7.89. The van der Waals surface area contributed by atoms with E-state index in [1.54, 1.807) is 0 Å². The number of nitrogens with zero attached hydrogens (tertiary/aromatic N) is 1. The second kappa shape index (κ2) is 8.22. The minimum absolute atomic E-state index is 0.426. The second-order valence-corrected chi connectivity index (χ2v) is 7.75. The molecule has 0 aromatic heterocycles. The molecule has 1 aliphatic heterocycles. The molecule has 1 heterocycles. The van der Waals surface area contributed by atoms with Crippen molar-refractivity contribution >= 4 is 10.0 Å². The number of hydrogen-bond donors (Lipinski definition) is 1. The fraction of sp³-hybridized carbons (Fsp3) is 0.333. The van der Waals surface area contributed by atoms with Gasteiger partial charge in [-0.1, -0.05) is 30.3 Å². The molecule has 8 heteroatoms. The van der Waals surface area contributed by atoms with E-state index in [9.17, 15) is 17.2 Å². The van der Waals surface area contributed by atoms with Crippen LogP contribution in [0.15, 0.2) is 53.4 Å². The summed E-state index contributed by atoms with van der Waals surface area (Å²) in [7, 11) is -4.16. The van der Waals surface area contributed by atoms with Gasteiger partial charge in [0.1, 0.15) is 16.5 Å². The first-order valence-corrected chi connectivity index (χ1v) is 9.76. The molecule has 0 bridgehead atoms. The molecule has 0 radical (unpaired) electrons. The Morgan fingerprint density at radius 2 is 1.77 bits per heavy atom. The molecular weight excluding hydrogens is 362 g/mol. The summed E-state index contributed by atoms with van der Waals surface area (Å²) >= 11 is 0. The highest BCUT2D eigenvalue weighted by Crippen LogP contribution is 2.21. The van der Waals surface area contributed by atoms with Gasteiger partial charge in [-0.05, 0) is 17.7 Å². The molecule has 26 heavy (non-hydrogen) atoms. The van der Waals surface area contributed by atoms with Crippen LogP contribution in [0.25, 0.3) is 0 Å². The zero-order valence-corrected chi connectivity index (χ0v) is 14.9. The van der Waals surface area contributed by atoms with Crippen molar-refractivity contribution in [2.45, 2.75) is 10.9 Å². The van der Waals surface area contributed by atoms with E-state index in [4.69, 9.17) is 4.74 Å². The third-order valence-electron chi connectivity index (χ3n) is 4.23. The Morgan fingerprint density at radius 3 is 2.42 bits per heavy atom. The largest absolute Gasteiger partial charge is 0.379 e. The predicted octanol–water partition coefficient (Wildman–Crippen LogP) is 2.32. The fourth-order valence-electron chi connectivity index (χ4n) is 2.88. The molecule has 140 valence electrons. The van der Waals surface area contributed by atoms with Crippen molar-refractivity contribution < 1.29 is 21.9 Å². The molecule has 1 aliphatic rings. The van der Waals surface area contributed by atoms with Crippen molar-refractivity contribution in [3.8, 4) is 0 Å². The van der Waals surface area contributed by atoms with Crippen LogP contribution in [0, 0.1) is 11.6 Å². The van der Waals surface area contributed by atoms with E-state index in [1.807, 2.05) is 30.3 Å². The predicted molar refractivity (Wildman–Crippen MR) is 93.1 cm³/mol. The van der Waals surface area contributed by atoms with Gasteiger partial charge in [-0.15, -0.1) is 0 Å². The van der Waals surface area contributed by atoms with Crippen LogP contribution >= 0.6 is 0 Å². The van der Waals surface area contributed by atoms with Crippen LogP contribution in [-0.4, -0.2) is 46.2 Å². The number of rotatable bonds is 6. The van der Waals surface area contributed by atoms with Gasteiger partial charge in [0, 0.05) is 25.7 Å². The first-order valence-electron chi connectivity index (χ1n) is 8.28. The number of nitrogens with one attached hydrogen (secondary N) is 1. The first kappa shape index (κ1) is 18.9. The lowest BCUT2D eigenvalue weighted by molar-refractivity contribution is 0.0345. The number of morpholine rings is 1. The van der Waals surface area contributed by atoms with Crippen molar-refractivity contribution in [3.63, 3.8) is 0 Å². The molecule has 5 nitrogen and oxygen atoms in total. The zero-order chi connectivity index (χ0) is 18.6. The summed E-state index contributed by atoms with van der Waals surface area (Å²) in [5.41, 5.74) is 0.769. The van der Waals surface area contributed by atoms with Crippen molar-refractivity contribution in [1.82, 2.24) is 9.62 Å². The van der Waals surface area contributed by atoms with E-state index in [-0.39, 0.29) is 0 Å². The van der Waals surface area contributed by atoms with Gasteiger partial charge in [0.25, 0.3) is 0 Å². The number of benzene rings is 2. The van der Waals surface area contributed by atoms with Gasteiger partial charge in [-0.25, -0.2) is 21.9 Å². The van der Waals surface area contributed by atoms with Crippen molar-refractivity contribution in [1.29, 1.82) is 0 Å². The summed E-state index contributed by atoms with van der Waals surface area (Å²) in [5.74, 6) is -1.94. The molecule has 1 fully saturated rings. The molecule has 2 aromatic rings. The van der Waals surface area contributed by atoms with Crippen molar-refractivity contribution in [3.05, 3.63) is 65.7 Å². The van der Waals surface area contributed by atoms with Crippen LogP contribution in [0.2, 0.25) is 0 Å². The van der Waals surface area contributed by atoms with Gasteiger partial charge < -0.3 is 4.74 Å². The van der Waals surface area contributed by atoms with E-state index < -0.39 is 32.6 Å². The highest BCUT2D eigenvalue weighted by Gasteiger charge is 2.26. The van der Waals surface area contributed by atoms with Crippen LogP contribution in [0.1, 0.15) is 11.6 Å². The quantitative estimate of drug-likeness (QED) is 0.833. The maximum Gasteiger partial charge on any atom is 0.244 e. The first-order chi connectivity index (χ1) is 12.5. The Morgan fingerprint density at radius 1 is 1.08 bits per heavy atom. The highest BCUT2D eigenvalue weighted by atomic mass is 32.2. The molecule has 0 amide bonds. The van der Waals surface area contributed by atoms with Crippen LogP contribution in [0.4, 0.5) is 8.78 Å². The Labute approximate surface area is 151 Å². The Bertz CT molecular complexity index is 841. The SMILES string of the molecule is O=S(=O)(NC(CN1CCOCC1)c1ccccc1)c1ccc(F)cc1F. The van der Waals surface area contributed by atoms with Crippen LogP contribution in [0.5, 0.6) is 0 Å². The third-order valence-corrected chi connectivity index (χ3v) is 5.73. The van der Waals surface area contributed by atoms with E-state index in [2.05, 4.69) is 9.62 Å². The Hall–Kier alpha value is -1.87.